The van der Waals surface area contributed by atoms with Gasteiger partial charge in [0.1, 0.15) is 11.9 Å². The molecule has 2 N–H and O–H groups in total. The van der Waals surface area contributed by atoms with Crippen LogP contribution in [-0.4, -0.2) is 30.6 Å². The Kier molecular flexibility index (Phi) is 4.61. The van der Waals surface area contributed by atoms with E-state index >= 15 is 0 Å². The average Bonchev–Trinajstić information content (AvgIpc) is 2.39. The van der Waals surface area contributed by atoms with E-state index in [0.717, 1.165) is 11.3 Å². The number of likely N-dealkylation sites (N-methyl/N-ethyl adjacent to an activating group) is 1. The first-order valence-corrected chi connectivity index (χ1v) is 6.87. The molecule has 0 radical (unpaired) electrons. The average molecular weight is 248 g/mol. The number of hydrogen-bond donors (Lipinski definition) is 1. The molecule has 0 aromatic heterocycles. The molecule has 1 fully saturated rings. The Labute approximate surface area is 110 Å². The Hall–Kier alpha value is -1.06. The fourth-order valence-electron chi connectivity index (χ4n) is 2.76. The molecule has 0 bridgehead atoms. The van der Waals surface area contributed by atoms with Crippen LogP contribution in [0.25, 0.3) is 0 Å². The Morgan fingerprint density at radius 3 is 2.89 bits per heavy atom. The number of rotatable bonds is 4. The summed E-state index contributed by atoms with van der Waals surface area (Å²) in [6.07, 6.45) is 4.05. The van der Waals surface area contributed by atoms with Crippen LogP contribution in [0.3, 0.4) is 0 Å². The van der Waals surface area contributed by atoms with E-state index in [9.17, 15) is 0 Å². The second-order valence-corrected chi connectivity index (χ2v) is 5.18. The molecule has 2 atom stereocenters. The Balaban J connectivity index is 2.03. The van der Waals surface area contributed by atoms with Gasteiger partial charge in [-0.1, -0.05) is 24.6 Å². The lowest BCUT2D eigenvalue weighted by Gasteiger charge is -2.36. The topological polar surface area (TPSA) is 38.5 Å². The molecule has 0 saturated carbocycles. The SMILES string of the molecule is CC(Oc1ccccc1CN)C1CCCCN1C. The van der Waals surface area contributed by atoms with Gasteiger partial charge in [-0.25, -0.2) is 0 Å². The van der Waals surface area contributed by atoms with Crippen LogP contribution in [0.4, 0.5) is 0 Å². The highest BCUT2D eigenvalue weighted by Crippen LogP contribution is 2.24. The Morgan fingerprint density at radius 1 is 1.39 bits per heavy atom. The lowest BCUT2D eigenvalue weighted by molar-refractivity contribution is 0.0680. The summed E-state index contributed by atoms with van der Waals surface area (Å²) in [6, 6.07) is 8.58. The molecule has 1 aromatic carbocycles. The Bertz CT molecular complexity index is 381. The summed E-state index contributed by atoms with van der Waals surface area (Å²) >= 11 is 0. The maximum Gasteiger partial charge on any atom is 0.124 e. The van der Waals surface area contributed by atoms with Crippen LogP contribution in [0.5, 0.6) is 5.75 Å². The molecular formula is C15H24N2O. The maximum atomic E-state index is 6.12. The normalized spacial score (nSPS) is 22.7. The summed E-state index contributed by atoms with van der Waals surface area (Å²) in [5, 5.41) is 0. The van der Waals surface area contributed by atoms with Gasteiger partial charge in [-0.3, -0.25) is 4.90 Å². The molecule has 3 nitrogen and oxygen atoms in total. The van der Waals surface area contributed by atoms with Crippen LogP contribution < -0.4 is 10.5 Å². The molecule has 100 valence electrons. The van der Waals surface area contributed by atoms with Gasteiger partial charge < -0.3 is 10.5 Å². The van der Waals surface area contributed by atoms with Crippen molar-refractivity contribution in [2.45, 2.75) is 44.9 Å². The molecule has 0 aliphatic carbocycles. The standard InChI is InChI=1S/C15H24N2O/c1-12(14-8-5-6-10-17(14)2)18-15-9-4-3-7-13(15)11-16/h3-4,7,9,12,14H,5-6,8,10-11,16H2,1-2H3. The number of likely N-dealkylation sites (tertiary alicyclic amines) is 1. The first kappa shape index (κ1) is 13.4. The number of benzene rings is 1. The first-order chi connectivity index (χ1) is 8.72. The van der Waals surface area contributed by atoms with Crippen LogP contribution >= 0.6 is 0 Å². The van der Waals surface area contributed by atoms with Crippen molar-refractivity contribution in [2.75, 3.05) is 13.6 Å². The van der Waals surface area contributed by atoms with Gasteiger partial charge in [0.15, 0.2) is 0 Å². The van der Waals surface area contributed by atoms with Crippen LogP contribution in [0.15, 0.2) is 24.3 Å². The molecule has 0 amide bonds. The molecule has 1 heterocycles. The molecule has 1 aromatic rings. The van der Waals surface area contributed by atoms with E-state index in [1.165, 1.54) is 25.8 Å². The van der Waals surface area contributed by atoms with E-state index in [0.29, 0.717) is 12.6 Å². The number of nitrogens with two attached hydrogens (primary N) is 1. The number of piperidine rings is 1. The van der Waals surface area contributed by atoms with Crippen molar-refractivity contribution >= 4 is 0 Å². The van der Waals surface area contributed by atoms with Crippen molar-refractivity contribution in [3.63, 3.8) is 0 Å². The lowest BCUT2D eigenvalue weighted by Crippen LogP contribution is -2.45. The van der Waals surface area contributed by atoms with Crippen LogP contribution in [0.1, 0.15) is 31.7 Å². The van der Waals surface area contributed by atoms with E-state index < -0.39 is 0 Å². The van der Waals surface area contributed by atoms with Gasteiger partial charge in [0.25, 0.3) is 0 Å². The minimum absolute atomic E-state index is 0.211. The molecular weight excluding hydrogens is 224 g/mol. The summed E-state index contributed by atoms with van der Waals surface area (Å²) in [4.78, 5) is 2.42. The van der Waals surface area contributed by atoms with Crippen molar-refractivity contribution < 1.29 is 4.74 Å². The van der Waals surface area contributed by atoms with Crippen molar-refractivity contribution in [3.05, 3.63) is 29.8 Å². The summed E-state index contributed by atoms with van der Waals surface area (Å²) in [6.45, 7) is 3.88. The van der Waals surface area contributed by atoms with E-state index in [1.54, 1.807) is 0 Å². The second kappa shape index (κ2) is 6.21. The number of ether oxygens (including phenoxy) is 1. The molecule has 2 rings (SSSR count). The van der Waals surface area contributed by atoms with Crippen molar-refractivity contribution in [2.24, 2.45) is 5.73 Å². The summed E-state index contributed by atoms with van der Waals surface area (Å²) < 4.78 is 6.12. The highest BCUT2D eigenvalue weighted by molar-refractivity contribution is 5.33. The smallest absolute Gasteiger partial charge is 0.124 e. The summed E-state index contributed by atoms with van der Waals surface area (Å²) in [5.74, 6) is 0.937. The monoisotopic (exact) mass is 248 g/mol. The van der Waals surface area contributed by atoms with Gasteiger partial charge in [-0.2, -0.15) is 0 Å². The van der Waals surface area contributed by atoms with Gasteiger partial charge in [0.05, 0.1) is 0 Å². The molecule has 1 aliphatic heterocycles. The highest BCUT2D eigenvalue weighted by Gasteiger charge is 2.26. The molecule has 18 heavy (non-hydrogen) atoms. The van der Waals surface area contributed by atoms with E-state index in [1.807, 2.05) is 24.3 Å². The molecule has 0 spiro atoms. The van der Waals surface area contributed by atoms with Crippen LogP contribution in [-0.2, 0) is 6.54 Å². The fraction of sp³-hybridized carbons (Fsp3) is 0.600. The van der Waals surface area contributed by atoms with Gasteiger partial charge >= 0.3 is 0 Å². The fourth-order valence-corrected chi connectivity index (χ4v) is 2.76. The highest BCUT2D eigenvalue weighted by atomic mass is 16.5. The van der Waals surface area contributed by atoms with Gasteiger partial charge in [0.2, 0.25) is 0 Å². The summed E-state index contributed by atoms with van der Waals surface area (Å²) in [7, 11) is 2.19. The van der Waals surface area contributed by atoms with E-state index in [4.69, 9.17) is 10.5 Å². The van der Waals surface area contributed by atoms with Crippen molar-refractivity contribution in [1.29, 1.82) is 0 Å². The number of nitrogens with zero attached hydrogens (tertiary/aromatic N) is 1. The number of hydrogen-bond acceptors (Lipinski definition) is 3. The Morgan fingerprint density at radius 2 is 2.17 bits per heavy atom. The molecule has 2 unspecified atom stereocenters. The van der Waals surface area contributed by atoms with E-state index in [-0.39, 0.29) is 6.10 Å². The largest absolute Gasteiger partial charge is 0.489 e. The van der Waals surface area contributed by atoms with Crippen molar-refractivity contribution in [3.8, 4) is 5.75 Å². The third kappa shape index (κ3) is 3.03. The molecule has 1 saturated heterocycles. The molecule has 1 aliphatic rings. The minimum atomic E-state index is 0.211. The minimum Gasteiger partial charge on any atom is -0.489 e. The maximum absolute atomic E-state index is 6.12. The quantitative estimate of drug-likeness (QED) is 0.889. The molecule has 3 heteroatoms. The zero-order valence-electron chi connectivity index (χ0n) is 11.4. The first-order valence-electron chi connectivity index (χ1n) is 6.87. The number of para-hydroxylation sites is 1. The lowest BCUT2D eigenvalue weighted by atomic mass is 9.99. The summed E-state index contributed by atoms with van der Waals surface area (Å²) in [5.41, 5.74) is 6.83. The predicted molar refractivity (Wildman–Crippen MR) is 74.7 cm³/mol. The van der Waals surface area contributed by atoms with E-state index in [2.05, 4.69) is 18.9 Å². The third-order valence-corrected chi connectivity index (χ3v) is 3.87. The van der Waals surface area contributed by atoms with Crippen LogP contribution in [0, 0.1) is 0 Å². The third-order valence-electron chi connectivity index (χ3n) is 3.87. The van der Waals surface area contributed by atoms with Crippen molar-refractivity contribution in [1.82, 2.24) is 4.90 Å². The zero-order valence-corrected chi connectivity index (χ0v) is 11.4. The van der Waals surface area contributed by atoms with Crippen LogP contribution in [0.2, 0.25) is 0 Å². The van der Waals surface area contributed by atoms with Gasteiger partial charge in [-0.15, -0.1) is 0 Å². The van der Waals surface area contributed by atoms with Gasteiger partial charge in [-0.05, 0) is 39.4 Å². The second-order valence-electron chi connectivity index (χ2n) is 5.18. The van der Waals surface area contributed by atoms with Gasteiger partial charge in [0, 0.05) is 18.2 Å². The predicted octanol–water partition coefficient (Wildman–Crippen LogP) is 2.40. The zero-order chi connectivity index (χ0) is 13.0.